The summed E-state index contributed by atoms with van der Waals surface area (Å²) in [4.78, 5) is 2.20. The molecule has 1 aromatic rings. The van der Waals surface area contributed by atoms with Crippen LogP contribution in [0.5, 0.6) is 0 Å². The predicted molar refractivity (Wildman–Crippen MR) is 72.8 cm³/mol. The third-order valence-electron chi connectivity index (χ3n) is 2.60. The number of allylic oxidation sites excluding steroid dienone is 1. The van der Waals surface area contributed by atoms with Crippen LogP contribution in [-0.4, -0.2) is 25.5 Å². The van der Waals surface area contributed by atoms with Gasteiger partial charge in [0.15, 0.2) is 0 Å². The molecule has 0 saturated heterocycles. The van der Waals surface area contributed by atoms with E-state index in [1.165, 1.54) is 12.0 Å². The molecule has 0 aliphatic heterocycles. The lowest BCUT2D eigenvalue weighted by molar-refractivity contribution is 0.188. The Morgan fingerprint density at radius 3 is 2.53 bits per heavy atom. The molecule has 0 N–H and O–H groups in total. The summed E-state index contributed by atoms with van der Waals surface area (Å²) in [7, 11) is 4.20. The molecular formula is C15H23NO. The van der Waals surface area contributed by atoms with Gasteiger partial charge in [-0.3, -0.25) is 0 Å². The average molecular weight is 233 g/mol. The molecule has 0 bridgehead atoms. The van der Waals surface area contributed by atoms with Crippen molar-refractivity contribution in [3.63, 3.8) is 0 Å². The first-order chi connectivity index (χ1) is 8.18. The molecule has 0 aromatic heterocycles. The van der Waals surface area contributed by atoms with E-state index in [4.69, 9.17) is 4.74 Å². The number of rotatable bonds is 8. The molecule has 0 fully saturated rings. The van der Waals surface area contributed by atoms with Crippen LogP contribution in [0.1, 0.15) is 24.8 Å². The second-order valence-electron chi connectivity index (χ2n) is 4.57. The molecule has 0 amide bonds. The Labute approximate surface area is 105 Å². The quantitative estimate of drug-likeness (QED) is 0.503. The van der Waals surface area contributed by atoms with Crippen molar-refractivity contribution in [3.8, 4) is 0 Å². The minimum absolute atomic E-state index is 0.632. The van der Waals surface area contributed by atoms with Gasteiger partial charge in [0.05, 0.1) is 5.76 Å². The first-order valence-corrected chi connectivity index (χ1v) is 6.17. The Balaban J connectivity index is 2.09. The fraction of sp³-hybridized carbons (Fsp3) is 0.467. The van der Waals surface area contributed by atoms with Gasteiger partial charge in [-0.05, 0) is 39.0 Å². The molecular weight excluding hydrogens is 210 g/mol. The topological polar surface area (TPSA) is 12.5 Å². The van der Waals surface area contributed by atoms with Gasteiger partial charge in [-0.1, -0.05) is 36.9 Å². The number of ether oxygens (including phenoxy) is 1. The molecule has 0 saturated carbocycles. The van der Waals surface area contributed by atoms with Crippen molar-refractivity contribution < 1.29 is 4.74 Å². The molecule has 94 valence electrons. The van der Waals surface area contributed by atoms with E-state index in [9.17, 15) is 0 Å². The van der Waals surface area contributed by atoms with Crippen LogP contribution in [0.15, 0.2) is 42.7 Å². The molecule has 0 spiro atoms. The molecule has 2 nitrogen and oxygen atoms in total. The molecule has 0 aliphatic carbocycles. The molecule has 1 aromatic carbocycles. The maximum Gasteiger partial charge on any atom is 0.113 e. The van der Waals surface area contributed by atoms with Gasteiger partial charge in [0.1, 0.15) is 6.61 Å². The monoisotopic (exact) mass is 233 g/mol. The number of hydrogen-bond acceptors (Lipinski definition) is 2. The summed E-state index contributed by atoms with van der Waals surface area (Å²) in [5, 5.41) is 0. The van der Waals surface area contributed by atoms with E-state index >= 15 is 0 Å². The Hall–Kier alpha value is -1.28. The largest absolute Gasteiger partial charge is 0.494 e. The zero-order chi connectivity index (χ0) is 12.5. The van der Waals surface area contributed by atoms with E-state index in [0.717, 1.165) is 25.1 Å². The highest BCUT2D eigenvalue weighted by Gasteiger charge is 1.98. The number of benzene rings is 1. The van der Waals surface area contributed by atoms with Gasteiger partial charge >= 0.3 is 0 Å². The van der Waals surface area contributed by atoms with E-state index in [1.807, 2.05) is 18.2 Å². The van der Waals surface area contributed by atoms with Crippen LogP contribution in [0, 0.1) is 0 Å². The van der Waals surface area contributed by atoms with Crippen LogP contribution in [0.25, 0.3) is 0 Å². The number of unbranched alkanes of at least 4 members (excludes halogenated alkanes) is 1. The van der Waals surface area contributed by atoms with Crippen molar-refractivity contribution >= 4 is 0 Å². The van der Waals surface area contributed by atoms with Gasteiger partial charge in [-0.15, -0.1) is 0 Å². The molecule has 0 aliphatic rings. The fourth-order valence-corrected chi connectivity index (χ4v) is 1.58. The van der Waals surface area contributed by atoms with E-state index in [1.54, 1.807) is 0 Å². The standard InChI is InChI=1S/C15H23NO/c1-14(9-7-8-12-16(2)3)17-13-15-10-5-4-6-11-15/h4-6,10-11H,1,7-9,12-13H2,2-3H3. The molecule has 0 atom stereocenters. The smallest absolute Gasteiger partial charge is 0.113 e. The third-order valence-corrected chi connectivity index (χ3v) is 2.60. The van der Waals surface area contributed by atoms with Crippen LogP contribution >= 0.6 is 0 Å². The highest BCUT2D eigenvalue weighted by Crippen LogP contribution is 2.10. The summed E-state index contributed by atoms with van der Waals surface area (Å²) in [6.07, 6.45) is 3.30. The summed E-state index contributed by atoms with van der Waals surface area (Å²) in [6, 6.07) is 10.2. The van der Waals surface area contributed by atoms with Crippen molar-refractivity contribution in [1.29, 1.82) is 0 Å². The average Bonchev–Trinajstić information content (AvgIpc) is 2.33. The Bertz CT molecular complexity index is 319. The second-order valence-corrected chi connectivity index (χ2v) is 4.57. The SMILES string of the molecule is C=C(CCCCN(C)C)OCc1ccccc1. The molecule has 2 heteroatoms. The third kappa shape index (κ3) is 6.80. The number of nitrogens with zero attached hydrogens (tertiary/aromatic N) is 1. The zero-order valence-electron chi connectivity index (χ0n) is 11.0. The lowest BCUT2D eigenvalue weighted by Gasteiger charge is -2.11. The Kier molecular flexibility index (Phi) is 6.41. The van der Waals surface area contributed by atoms with E-state index < -0.39 is 0 Å². The van der Waals surface area contributed by atoms with Crippen molar-refractivity contribution in [3.05, 3.63) is 48.2 Å². The lowest BCUT2D eigenvalue weighted by atomic mass is 10.2. The normalized spacial score (nSPS) is 10.5. The summed E-state index contributed by atoms with van der Waals surface area (Å²) < 4.78 is 5.63. The minimum Gasteiger partial charge on any atom is -0.494 e. The van der Waals surface area contributed by atoms with Crippen LogP contribution in [0.4, 0.5) is 0 Å². The molecule has 17 heavy (non-hydrogen) atoms. The van der Waals surface area contributed by atoms with Gasteiger partial charge in [-0.25, -0.2) is 0 Å². The van der Waals surface area contributed by atoms with Crippen molar-refractivity contribution in [1.82, 2.24) is 4.90 Å². The van der Waals surface area contributed by atoms with E-state index in [0.29, 0.717) is 6.61 Å². The Morgan fingerprint density at radius 2 is 1.88 bits per heavy atom. The molecule has 1 rings (SSSR count). The van der Waals surface area contributed by atoms with Crippen LogP contribution in [-0.2, 0) is 11.3 Å². The summed E-state index contributed by atoms with van der Waals surface area (Å²) in [5.41, 5.74) is 1.20. The molecule has 0 heterocycles. The summed E-state index contributed by atoms with van der Waals surface area (Å²) in [5.74, 6) is 0.896. The van der Waals surface area contributed by atoms with Gasteiger partial charge in [0, 0.05) is 6.42 Å². The van der Waals surface area contributed by atoms with E-state index in [2.05, 4.69) is 37.7 Å². The van der Waals surface area contributed by atoms with Gasteiger partial charge in [0.2, 0.25) is 0 Å². The first-order valence-electron chi connectivity index (χ1n) is 6.17. The predicted octanol–water partition coefficient (Wildman–Crippen LogP) is 3.45. The van der Waals surface area contributed by atoms with Crippen molar-refractivity contribution in [2.45, 2.75) is 25.9 Å². The number of hydrogen-bond donors (Lipinski definition) is 0. The first kappa shape index (κ1) is 13.8. The summed E-state index contributed by atoms with van der Waals surface area (Å²) >= 11 is 0. The highest BCUT2D eigenvalue weighted by molar-refractivity contribution is 5.13. The Morgan fingerprint density at radius 1 is 1.18 bits per heavy atom. The lowest BCUT2D eigenvalue weighted by Crippen LogP contribution is -2.12. The highest BCUT2D eigenvalue weighted by atomic mass is 16.5. The second kappa shape index (κ2) is 7.91. The zero-order valence-corrected chi connectivity index (χ0v) is 11.0. The minimum atomic E-state index is 0.632. The molecule has 0 radical (unpaired) electrons. The van der Waals surface area contributed by atoms with Crippen molar-refractivity contribution in [2.75, 3.05) is 20.6 Å². The van der Waals surface area contributed by atoms with E-state index in [-0.39, 0.29) is 0 Å². The van der Waals surface area contributed by atoms with Crippen molar-refractivity contribution in [2.24, 2.45) is 0 Å². The maximum atomic E-state index is 5.63. The van der Waals surface area contributed by atoms with Gasteiger partial charge in [-0.2, -0.15) is 0 Å². The van der Waals surface area contributed by atoms with Crippen LogP contribution in [0.2, 0.25) is 0 Å². The molecule has 0 unspecified atom stereocenters. The van der Waals surface area contributed by atoms with Gasteiger partial charge in [0.25, 0.3) is 0 Å². The van der Waals surface area contributed by atoms with Crippen LogP contribution in [0.3, 0.4) is 0 Å². The van der Waals surface area contributed by atoms with Crippen LogP contribution < -0.4 is 0 Å². The summed E-state index contributed by atoms with van der Waals surface area (Å²) in [6.45, 7) is 5.71. The van der Waals surface area contributed by atoms with Gasteiger partial charge < -0.3 is 9.64 Å². The maximum absolute atomic E-state index is 5.63. The fourth-order valence-electron chi connectivity index (χ4n) is 1.58.